The Morgan fingerprint density at radius 3 is 2.80 bits per heavy atom. The molecule has 3 aliphatic rings. The zero-order valence-electron chi connectivity index (χ0n) is 15.2. The number of benzene rings is 1. The van der Waals surface area contributed by atoms with Crippen molar-refractivity contribution in [3.05, 3.63) is 29.8 Å². The number of para-hydroxylation sites is 1. The molecular formula is C21H30N2O2. The third-order valence-electron chi connectivity index (χ3n) is 6.11. The zero-order valence-corrected chi connectivity index (χ0v) is 15.2. The lowest BCUT2D eigenvalue weighted by atomic mass is 9.90. The summed E-state index contributed by atoms with van der Waals surface area (Å²) in [5.74, 6) is 2.29. The minimum Gasteiger partial charge on any atom is -0.493 e. The summed E-state index contributed by atoms with van der Waals surface area (Å²) in [6.07, 6.45) is 6.84. The van der Waals surface area contributed by atoms with Crippen LogP contribution < -0.4 is 4.74 Å². The smallest absolute Gasteiger partial charge is 0.223 e. The number of hydrogen-bond acceptors (Lipinski definition) is 3. The summed E-state index contributed by atoms with van der Waals surface area (Å²) in [6, 6.07) is 8.20. The molecule has 3 aliphatic heterocycles. The van der Waals surface area contributed by atoms with Crippen molar-refractivity contribution in [2.24, 2.45) is 5.92 Å². The van der Waals surface area contributed by atoms with E-state index in [1.54, 1.807) is 0 Å². The fraction of sp³-hybridized carbons (Fsp3) is 0.667. The third kappa shape index (κ3) is 4.00. The summed E-state index contributed by atoms with van der Waals surface area (Å²) in [7, 11) is 0. The minimum atomic E-state index is 0.318. The summed E-state index contributed by atoms with van der Waals surface area (Å²) in [6.45, 7) is 6.32. The number of ether oxygens (including phenoxy) is 1. The highest BCUT2D eigenvalue weighted by molar-refractivity contribution is 5.77. The molecule has 3 heterocycles. The first-order valence-electron chi connectivity index (χ1n) is 10.0. The molecular weight excluding hydrogens is 312 g/mol. The molecule has 0 bridgehead atoms. The molecule has 4 nitrogen and oxygen atoms in total. The predicted octanol–water partition coefficient (Wildman–Crippen LogP) is 3.28. The van der Waals surface area contributed by atoms with Crippen molar-refractivity contribution < 1.29 is 9.53 Å². The van der Waals surface area contributed by atoms with Gasteiger partial charge in [0.05, 0.1) is 6.61 Å². The van der Waals surface area contributed by atoms with E-state index in [0.29, 0.717) is 24.2 Å². The number of carbonyl (C=O) groups is 1. The van der Waals surface area contributed by atoms with E-state index < -0.39 is 0 Å². The topological polar surface area (TPSA) is 32.8 Å². The summed E-state index contributed by atoms with van der Waals surface area (Å²) in [4.78, 5) is 17.6. The Labute approximate surface area is 151 Å². The van der Waals surface area contributed by atoms with Crippen LogP contribution in [-0.2, 0) is 4.79 Å². The van der Waals surface area contributed by atoms with Gasteiger partial charge in [-0.3, -0.25) is 4.79 Å². The Balaban J connectivity index is 1.30. The van der Waals surface area contributed by atoms with Crippen LogP contribution in [0, 0.1) is 5.92 Å². The number of fused-ring (bicyclic) bond motifs is 1. The number of hydrogen-bond donors (Lipinski definition) is 0. The van der Waals surface area contributed by atoms with Crippen molar-refractivity contribution in [3.8, 4) is 5.75 Å². The molecule has 0 spiro atoms. The summed E-state index contributed by atoms with van der Waals surface area (Å²) in [5, 5.41) is 0. The Kier molecular flexibility index (Phi) is 5.25. The van der Waals surface area contributed by atoms with Crippen LogP contribution in [0.3, 0.4) is 0 Å². The van der Waals surface area contributed by atoms with Gasteiger partial charge in [0.2, 0.25) is 5.91 Å². The fourth-order valence-electron chi connectivity index (χ4n) is 4.68. The van der Waals surface area contributed by atoms with Crippen LogP contribution in [0.2, 0.25) is 0 Å². The molecule has 0 N–H and O–H groups in total. The largest absolute Gasteiger partial charge is 0.493 e. The van der Waals surface area contributed by atoms with Crippen molar-refractivity contribution >= 4 is 5.91 Å². The van der Waals surface area contributed by atoms with Gasteiger partial charge < -0.3 is 14.5 Å². The number of amides is 1. The van der Waals surface area contributed by atoms with Gasteiger partial charge in [-0.05, 0) is 62.2 Å². The SMILES string of the molecule is O=C(C[C@@H]1CCOc2ccccc21)N1CC[C@H](CN2CCCCC2)C1. The average molecular weight is 342 g/mol. The lowest BCUT2D eigenvalue weighted by Gasteiger charge is -2.29. The quantitative estimate of drug-likeness (QED) is 0.842. The van der Waals surface area contributed by atoms with Crippen molar-refractivity contribution in [2.75, 3.05) is 39.3 Å². The van der Waals surface area contributed by atoms with Crippen molar-refractivity contribution in [1.29, 1.82) is 0 Å². The van der Waals surface area contributed by atoms with Gasteiger partial charge in [0.15, 0.2) is 0 Å². The van der Waals surface area contributed by atoms with Crippen LogP contribution in [0.5, 0.6) is 5.75 Å². The van der Waals surface area contributed by atoms with Crippen LogP contribution in [0.4, 0.5) is 0 Å². The minimum absolute atomic E-state index is 0.318. The maximum Gasteiger partial charge on any atom is 0.223 e. The van der Waals surface area contributed by atoms with E-state index in [9.17, 15) is 4.79 Å². The van der Waals surface area contributed by atoms with Gasteiger partial charge in [0, 0.05) is 26.1 Å². The van der Waals surface area contributed by atoms with Crippen molar-refractivity contribution in [3.63, 3.8) is 0 Å². The van der Waals surface area contributed by atoms with Crippen molar-refractivity contribution in [2.45, 2.75) is 44.4 Å². The Morgan fingerprint density at radius 2 is 1.92 bits per heavy atom. The maximum absolute atomic E-state index is 12.8. The second kappa shape index (κ2) is 7.77. The molecule has 25 heavy (non-hydrogen) atoms. The molecule has 1 amide bonds. The van der Waals surface area contributed by atoms with E-state index in [1.165, 1.54) is 50.9 Å². The number of carbonyl (C=O) groups excluding carboxylic acids is 1. The first-order chi connectivity index (χ1) is 12.3. The summed E-state index contributed by atoms with van der Waals surface area (Å²) in [5.41, 5.74) is 1.21. The Bertz CT molecular complexity index is 597. The molecule has 0 aliphatic carbocycles. The maximum atomic E-state index is 12.8. The van der Waals surface area contributed by atoms with Gasteiger partial charge in [-0.25, -0.2) is 0 Å². The van der Waals surface area contributed by atoms with Gasteiger partial charge in [-0.15, -0.1) is 0 Å². The van der Waals surface area contributed by atoms with Crippen LogP contribution >= 0.6 is 0 Å². The number of nitrogens with zero attached hydrogens (tertiary/aromatic N) is 2. The fourth-order valence-corrected chi connectivity index (χ4v) is 4.68. The highest BCUT2D eigenvalue weighted by Gasteiger charge is 2.31. The van der Waals surface area contributed by atoms with E-state index in [4.69, 9.17) is 4.74 Å². The molecule has 1 aromatic rings. The van der Waals surface area contributed by atoms with Gasteiger partial charge >= 0.3 is 0 Å². The standard InChI is InChI=1S/C21H30N2O2/c24-21(14-18-9-13-25-20-7-3-2-6-19(18)20)23-12-8-17(16-23)15-22-10-4-1-5-11-22/h2-3,6-7,17-18H,1,4-5,8-16H2/t17-,18+/m1/s1. The summed E-state index contributed by atoms with van der Waals surface area (Å²) >= 11 is 0. The second-order valence-corrected chi connectivity index (χ2v) is 7.93. The lowest BCUT2D eigenvalue weighted by Crippen LogP contribution is -2.36. The van der Waals surface area contributed by atoms with E-state index in [2.05, 4.69) is 21.9 Å². The molecule has 2 saturated heterocycles. The first kappa shape index (κ1) is 16.9. The molecule has 1 aromatic carbocycles. The molecule has 0 unspecified atom stereocenters. The second-order valence-electron chi connectivity index (χ2n) is 7.93. The van der Waals surface area contributed by atoms with E-state index >= 15 is 0 Å². The molecule has 4 heteroatoms. The van der Waals surface area contributed by atoms with E-state index in [1.807, 2.05) is 12.1 Å². The molecule has 2 fully saturated rings. The van der Waals surface area contributed by atoms with Gasteiger partial charge in [-0.1, -0.05) is 24.6 Å². The van der Waals surface area contributed by atoms with Gasteiger partial charge in [0.25, 0.3) is 0 Å². The highest BCUT2D eigenvalue weighted by Crippen LogP contribution is 2.36. The average Bonchev–Trinajstić information content (AvgIpc) is 3.11. The normalized spacial score (nSPS) is 27.0. The Hall–Kier alpha value is -1.55. The van der Waals surface area contributed by atoms with Gasteiger partial charge in [-0.2, -0.15) is 0 Å². The van der Waals surface area contributed by atoms with Crippen LogP contribution in [0.25, 0.3) is 0 Å². The number of likely N-dealkylation sites (tertiary alicyclic amines) is 2. The molecule has 0 saturated carbocycles. The first-order valence-corrected chi connectivity index (χ1v) is 10.0. The third-order valence-corrected chi connectivity index (χ3v) is 6.11. The Morgan fingerprint density at radius 1 is 1.08 bits per heavy atom. The van der Waals surface area contributed by atoms with Gasteiger partial charge in [0.1, 0.15) is 5.75 Å². The van der Waals surface area contributed by atoms with E-state index in [-0.39, 0.29) is 0 Å². The van der Waals surface area contributed by atoms with Crippen molar-refractivity contribution in [1.82, 2.24) is 9.80 Å². The number of rotatable bonds is 4. The zero-order chi connectivity index (χ0) is 17.1. The highest BCUT2D eigenvalue weighted by atomic mass is 16.5. The van der Waals surface area contributed by atoms with Crippen LogP contribution in [0.15, 0.2) is 24.3 Å². The molecule has 136 valence electrons. The molecule has 0 radical (unpaired) electrons. The lowest BCUT2D eigenvalue weighted by molar-refractivity contribution is -0.130. The summed E-state index contributed by atoms with van der Waals surface area (Å²) < 4.78 is 5.73. The van der Waals surface area contributed by atoms with Crippen LogP contribution in [-0.4, -0.2) is 55.0 Å². The monoisotopic (exact) mass is 342 g/mol. The number of piperidine rings is 1. The predicted molar refractivity (Wildman–Crippen MR) is 98.9 cm³/mol. The molecule has 0 aromatic heterocycles. The molecule has 2 atom stereocenters. The van der Waals surface area contributed by atoms with Crippen LogP contribution in [0.1, 0.15) is 50.0 Å². The van der Waals surface area contributed by atoms with E-state index in [0.717, 1.165) is 31.9 Å². The molecule has 4 rings (SSSR count).